The summed E-state index contributed by atoms with van der Waals surface area (Å²) in [6.07, 6.45) is 0. The molecule has 0 unspecified atom stereocenters. The van der Waals surface area contributed by atoms with Crippen LogP contribution >= 0.6 is 12.2 Å². The van der Waals surface area contributed by atoms with Crippen LogP contribution in [0.2, 0.25) is 0 Å². The van der Waals surface area contributed by atoms with Crippen LogP contribution in [0, 0.1) is 11.3 Å². The van der Waals surface area contributed by atoms with E-state index < -0.39 is 0 Å². The van der Waals surface area contributed by atoms with E-state index in [0.717, 1.165) is 17.1 Å². The van der Waals surface area contributed by atoms with Crippen molar-refractivity contribution >= 4 is 28.7 Å². The van der Waals surface area contributed by atoms with Crippen LogP contribution in [0.1, 0.15) is 5.56 Å². The number of nitrogens with zero attached hydrogens (tertiary/aromatic N) is 1. The van der Waals surface area contributed by atoms with Gasteiger partial charge in [-0.15, -0.1) is 0 Å². The standard InChI is InChI=1S/C15H13N3OS/c1-19-14-7-5-12(6-8-14)17-15(20)18-13-4-2-3-11(9-13)10-16/h2-9H,1H3,(H2,17,18,20). The summed E-state index contributed by atoms with van der Waals surface area (Å²) in [5, 5.41) is 15.4. The van der Waals surface area contributed by atoms with Crippen molar-refractivity contribution < 1.29 is 4.74 Å². The Labute approximate surface area is 123 Å². The molecule has 0 spiro atoms. The van der Waals surface area contributed by atoms with Gasteiger partial charge >= 0.3 is 0 Å². The van der Waals surface area contributed by atoms with Gasteiger partial charge in [-0.3, -0.25) is 0 Å². The van der Waals surface area contributed by atoms with Gasteiger partial charge in [0.2, 0.25) is 0 Å². The van der Waals surface area contributed by atoms with Gasteiger partial charge in [-0.1, -0.05) is 6.07 Å². The van der Waals surface area contributed by atoms with Gasteiger partial charge in [-0.05, 0) is 54.7 Å². The van der Waals surface area contributed by atoms with Crippen molar-refractivity contribution in [3.8, 4) is 11.8 Å². The first-order chi connectivity index (χ1) is 9.71. The van der Waals surface area contributed by atoms with Gasteiger partial charge in [0.25, 0.3) is 0 Å². The first kappa shape index (κ1) is 13.8. The molecule has 20 heavy (non-hydrogen) atoms. The second-order valence-electron chi connectivity index (χ2n) is 4.00. The average Bonchev–Trinajstić information content (AvgIpc) is 2.48. The van der Waals surface area contributed by atoms with Crippen molar-refractivity contribution in [1.82, 2.24) is 0 Å². The van der Waals surface area contributed by atoms with Crippen molar-refractivity contribution in [2.45, 2.75) is 0 Å². The van der Waals surface area contributed by atoms with Gasteiger partial charge in [0.15, 0.2) is 5.11 Å². The highest BCUT2D eigenvalue weighted by Gasteiger charge is 2.00. The molecular weight excluding hydrogens is 270 g/mol. The van der Waals surface area contributed by atoms with Crippen LogP contribution in [-0.2, 0) is 0 Å². The summed E-state index contributed by atoms with van der Waals surface area (Å²) in [5.41, 5.74) is 2.22. The van der Waals surface area contributed by atoms with E-state index in [1.165, 1.54) is 0 Å². The number of thiocarbonyl (C=S) groups is 1. The Morgan fingerprint density at radius 2 is 1.80 bits per heavy atom. The van der Waals surface area contributed by atoms with Crippen molar-refractivity contribution in [1.29, 1.82) is 5.26 Å². The molecule has 2 aromatic rings. The largest absolute Gasteiger partial charge is 0.497 e. The SMILES string of the molecule is COc1ccc(NC(=S)Nc2cccc(C#N)c2)cc1. The van der Waals surface area contributed by atoms with E-state index in [-0.39, 0.29) is 0 Å². The summed E-state index contributed by atoms with van der Waals surface area (Å²) in [6.45, 7) is 0. The number of nitrogens with one attached hydrogen (secondary N) is 2. The minimum atomic E-state index is 0.463. The second-order valence-corrected chi connectivity index (χ2v) is 4.41. The fourth-order valence-corrected chi connectivity index (χ4v) is 1.87. The van der Waals surface area contributed by atoms with E-state index in [9.17, 15) is 0 Å². The third-order valence-corrected chi connectivity index (χ3v) is 2.80. The molecule has 0 aliphatic heterocycles. The number of nitriles is 1. The zero-order chi connectivity index (χ0) is 14.4. The molecule has 0 aromatic heterocycles. The topological polar surface area (TPSA) is 57.1 Å². The van der Waals surface area contributed by atoms with E-state index >= 15 is 0 Å². The highest BCUT2D eigenvalue weighted by atomic mass is 32.1. The zero-order valence-electron chi connectivity index (χ0n) is 10.9. The van der Waals surface area contributed by atoms with Gasteiger partial charge in [0, 0.05) is 11.4 Å². The predicted molar refractivity (Wildman–Crippen MR) is 84.0 cm³/mol. The lowest BCUT2D eigenvalue weighted by Crippen LogP contribution is -2.18. The molecule has 0 aliphatic rings. The molecule has 0 saturated carbocycles. The van der Waals surface area contributed by atoms with E-state index in [1.807, 2.05) is 30.3 Å². The van der Waals surface area contributed by atoms with Crippen molar-refractivity contribution in [2.24, 2.45) is 0 Å². The molecule has 2 N–H and O–H groups in total. The normalized spacial score (nSPS) is 9.40. The Kier molecular flexibility index (Phi) is 4.53. The number of anilines is 2. The van der Waals surface area contributed by atoms with Gasteiger partial charge in [-0.2, -0.15) is 5.26 Å². The molecule has 5 heteroatoms. The van der Waals surface area contributed by atoms with Crippen LogP contribution in [0.5, 0.6) is 5.75 Å². The number of rotatable bonds is 3. The Bertz CT molecular complexity index is 647. The van der Waals surface area contributed by atoms with Gasteiger partial charge < -0.3 is 15.4 Å². The highest BCUT2D eigenvalue weighted by molar-refractivity contribution is 7.80. The minimum absolute atomic E-state index is 0.463. The van der Waals surface area contributed by atoms with Crippen LogP contribution in [0.3, 0.4) is 0 Å². The lowest BCUT2D eigenvalue weighted by atomic mass is 10.2. The molecular formula is C15H13N3OS. The molecule has 0 bridgehead atoms. The van der Waals surface area contributed by atoms with E-state index in [2.05, 4.69) is 16.7 Å². The third-order valence-electron chi connectivity index (χ3n) is 2.60. The summed E-state index contributed by atoms with van der Waals surface area (Å²) >= 11 is 5.22. The van der Waals surface area contributed by atoms with Crippen LogP contribution in [0.15, 0.2) is 48.5 Å². The van der Waals surface area contributed by atoms with Crippen LogP contribution < -0.4 is 15.4 Å². The van der Waals surface area contributed by atoms with Crippen LogP contribution in [-0.4, -0.2) is 12.2 Å². The first-order valence-electron chi connectivity index (χ1n) is 5.93. The Morgan fingerprint density at radius 3 is 2.45 bits per heavy atom. The fraction of sp³-hybridized carbons (Fsp3) is 0.0667. The minimum Gasteiger partial charge on any atom is -0.497 e. The maximum absolute atomic E-state index is 8.84. The van der Waals surface area contributed by atoms with Gasteiger partial charge in [-0.25, -0.2) is 0 Å². The van der Waals surface area contributed by atoms with E-state index in [0.29, 0.717) is 10.7 Å². The smallest absolute Gasteiger partial charge is 0.175 e. The van der Waals surface area contributed by atoms with Gasteiger partial charge in [0.05, 0.1) is 18.7 Å². The summed E-state index contributed by atoms with van der Waals surface area (Å²) in [6, 6.07) is 16.7. The molecule has 0 amide bonds. The van der Waals surface area contributed by atoms with Gasteiger partial charge in [0.1, 0.15) is 5.75 Å². The molecule has 0 aliphatic carbocycles. The Morgan fingerprint density at radius 1 is 1.10 bits per heavy atom. The quantitative estimate of drug-likeness (QED) is 0.846. The maximum Gasteiger partial charge on any atom is 0.175 e. The molecule has 0 atom stereocenters. The van der Waals surface area contributed by atoms with Crippen molar-refractivity contribution in [2.75, 3.05) is 17.7 Å². The number of methoxy groups -OCH3 is 1. The molecule has 0 radical (unpaired) electrons. The van der Waals surface area contributed by atoms with Crippen LogP contribution in [0.25, 0.3) is 0 Å². The van der Waals surface area contributed by atoms with E-state index in [4.69, 9.17) is 22.2 Å². The molecule has 2 rings (SSSR count). The number of hydrogen-bond acceptors (Lipinski definition) is 3. The monoisotopic (exact) mass is 283 g/mol. The molecule has 0 heterocycles. The molecule has 0 fully saturated rings. The Hall–Kier alpha value is -2.58. The number of ether oxygens (including phenoxy) is 1. The highest BCUT2D eigenvalue weighted by Crippen LogP contribution is 2.16. The summed E-state index contributed by atoms with van der Waals surface area (Å²) in [4.78, 5) is 0. The Balaban J connectivity index is 1.99. The lowest BCUT2D eigenvalue weighted by Gasteiger charge is -2.11. The van der Waals surface area contributed by atoms with Crippen molar-refractivity contribution in [3.63, 3.8) is 0 Å². The molecule has 2 aromatic carbocycles. The summed E-state index contributed by atoms with van der Waals surface area (Å²) < 4.78 is 5.09. The maximum atomic E-state index is 8.84. The molecule has 100 valence electrons. The zero-order valence-corrected chi connectivity index (χ0v) is 11.7. The fourth-order valence-electron chi connectivity index (χ4n) is 1.63. The first-order valence-corrected chi connectivity index (χ1v) is 6.34. The van der Waals surface area contributed by atoms with Crippen molar-refractivity contribution in [3.05, 3.63) is 54.1 Å². The van der Waals surface area contributed by atoms with Crippen LogP contribution in [0.4, 0.5) is 11.4 Å². The number of benzene rings is 2. The van der Waals surface area contributed by atoms with E-state index in [1.54, 1.807) is 25.3 Å². The molecule has 0 saturated heterocycles. The molecule has 4 nitrogen and oxygen atoms in total. The summed E-state index contributed by atoms with van der Waals surface area (Å²) in [7, 11) is 1.62. The predicted octanol–water partition coefficient (Wildman–Crippen LogP) is 3.38. The third kappa shape index (κ3) is 3.70. The summed E-state index contributed by atoms with van der Waals surface area (Å²) in [5.74, 6) is 0.788. The second kappa shape index (κ2) is 6.55. The average molecular weight is 283 g/mol. The lowest BCUT2D eigenvalue weighted by molar-refractivity contribution is 0.415. The number of hydrogen-bond donors (Lipinski definition) is 2.